The van der Waals surface area contributed by atoms with Gasteiger partial charge in [0.1, 0.15) is 11.6 Å². The Hall–Kier alpha value is -4.57. The van der Waals surface area contributed by atoms with Crippen LogP contribution in [0.3, 0.4) is 0 Å². The number of fused-ring (bicyclic) bond motifs is 2. The van der Waals surface area contributed by atoms with Crippen LogP contribution in [0.5, 0.6) is 5.75 Å². The van der Waals surface area contributed by atoms with Crippen molar-refractivity contribution in [1.82, 2.24) is 14.5 Å². The van der Waals surface area contributed by atoms with E-state index in [-0.39, 0.29) is 25.9 Å². The van der Waals surface area contributed by atoms with E-state index in [1.807, 2.05) is 79.0 Å². The van der Waals surface area contributed by atoms with Crippen LogP contribution in [0, 0.1) is 19.9 Å². The third-order valence-corrected chi connectivity index (χ3v) is 7.58. The van der Waals surface area contributed by atoms with Crippen LogP contribution in [0.1, 0.15) is 36.5 Å². The molecule has 7 aromatic rings. The van der Waals surface area contributed by atoms with Crippen molar-refractivity contribution in [3.05, 3.63) is 144 Å². The molecule has 0 amide bonds. The molecule has 0 saturated heterocycles. The van der Waals surface area contributed by atoms with Gasteiger partial charge in [0.25, 0.3) is 0 Å². The van der Waals surface area contributed by atoms with Gasteiger partial charge in [0.2, 0.25) is 0 Å². The molecule has 0 saturated carbocycles. The number of aromatic hydroxyl groups is 1. The van der Waals surface area contributed by atoms with Crippen LogP contribution in [-0.4, -0.2) is 19.6 Å². The van der Waals surface area contributed by atoms with Gasteiger partial charge in [-0.1, -0.05) is 88.4 Å². The zero-order valence-electron chi connectivity index (χ0n) is 25.2. The molecule has 0 bridgehead atoms. The smallest absolute Gasteiger partial charge is 0.149 e. The number of phenolic OH excluding ortho intramolecular Hbond substituents is 1. The van der Waals surface area contributed by atoms with E-state index in [0.717, 1.165) is 44.9 Å². The van der Waals surface area contributed by atoms with Crippen molar-refractivity contribution in [1.29, 1.82) is 0 Å². The second-order valence-corrected chi connectivity index (χ2v) is 11.2. The molecular weight excluding hydrogens is 719 g/mol. The summed E-state index contributed by atoms with van der Waals surface area (Å²) in [5.41, 5.74) is 9.54. The first-order chi connectivity index (χ1) is 20.9. The number of hydrogen-bond acceptors (Lipinski definition) is 3. The second-order valence-electron chi connectivity index (χ2n) is 11.2. The molecule has 5 heteroatoms. The maximum absolute atomic E-state index is 10.2. The quantitative estimate of drug-likeness (QED) is 0.182. The maximum atomic E-state index is 10.2. The van der Waals surface area contributed by atoms with E-state index in [9.17, 15) is 5.11 Å². The SMILES string of the molecule is Cc1[c-]c(-c2nccc3ccc(C(C)C)cc23)cc(C)c1.Oc1ccccc1-c1nc2ccccc2n1-c1ccccc1.[Ir]. The summed E-state index contributed by atoms with van der Waals surface area (Å²) in [6.07, 6.45) is 1.89. The molecule has 5 aromatic carbocycles. The first-order valence-electron chi connectivity index (χ1n) is 14.6. The molecule has 7 rings (SSSR count). The van der Waals surface area contributed by atoms with E-state index in [4.69, 9.17) is 4.98 Å². The molecule has 0 fully saturated rings. The van der Waals surface area contributed by atoms with Gasteiger partial charge >= 0.3 is 0 Å². The van der Waals surface area contributed by atoms with Crippen molar-refractivity contribution in [3.8, 4) is 34.1 Å². The fourth-order valence-corrected chi connectivity index (χ4v) is 5.49. The summed E-state index contributed by atoms with van der Waals surface area (Å²) >= 11 is 0. The Kier molecular flexibility index (Phi) is 9.39. The number of hydrogen-bond donors (Lipinski definition) is 1. The standard InChI is InChI=1S/C20H20N.C19H14N2O.Ir/c1-13(2)17-6-5-16-7-8-21-20(19(16)12-17)18-10-14(3)9-15(4)11-18;22-18-13-7-4-10-15(18)19-20-16-11-5-6-12-17(16)21(19)14-8-2-1-3-9-14;/h5-10,12-13H,1-4H3;1-13,22H;/q-1;;. The Labute approximate surface area is 272 Å². The molecule has 2 heterocycles. The van der Waals surface area contributed by atoms with Crippen LogP contribution in [-0.2, 0) is 20.1 Å². The molecule has 0 aliphatic heterocycles. The van der Waals surface area contributed by atoms with Crippen molar-refractivity contribution >= 4 is 21.8 Å². The number of phenols is 1. The fraction of sp³-hybridized carbons (Fsp3) is 0.128. The predicted octanol–water partition coefficient (Wildman–Crippen LogP) is 9.84. The minimum atomic E-state index is 0. The van der Waals surface area contributed by atoms with Gasteiger partial charge in [0.15, 0.2) is 0 Å². The van der Waals surface area contributed by atoms with E-state index in [2.05, 4.69) is 79.7 Å². The maximum Gasteiger partial charge on any atom is 0.149 e. The number of pyridine rings is 1. The summed E-state index contributed by atoms with van der Waals surface area (Å²) in [7, 11) is 0. The summed E-state index contributed by atoms with van der Waals surface area (Å²) < 4.78 is 2.07. The molecule has 0 spiro atoms. The fourth-order valence-electron chi connectivity index (χ4n) is 5.49. The number of rotatable bonds is 4. The Balaban J connectivity index is 0.000000171. The first-order valence-corrected chi connectivity index (χ1v) is 14.6. The van der Waals surface area contributed by atoms with Gasteiger partial charge in [0.05, 0.1) is 16.6 Å². The van der Waals surface area contributed by atoms with Gasteiger partial charge in [0, 0.05) is 32.0 Å². The Morgan fingerprint density at radius 3 is 2.25 bits per heavy atom. The van der Waals surface area contributed by atoms with Gasteiger partial charge in [-0.25, -0.2) is 4.98 Å². The molecule has 0 unspecified atom stereocenters. The summed E-state index contributed by atoms with van der Waals surface area (Å²) in [5.74, 6) is 1.49. The van der Waals surface area contributed by atoms with Crippen LogP contribution in [0.2, 0.25) is 0 Å². The van der Waals surface area contributed by atoms with Crippen LogP contribution in [0.15, 0.2) is 121 Å². The molecule has 1 radical (unpaired) electrons. The van der Waals surface area contributed by atoms with Gasteiger partial charge in [-0.3, -0.25) is 4.57 Å². The van der Waals surface area contributed by atoms with Crippen LogP contribution in [0.4, 0.5) is 0 Å². The molecule has 221 valence electrons. The van der Waals surface area contributed by atoms with Crippen molar-refractivity contribution in [2.75, 3.05) is 0 Å². The summed E-state index contributed by atoms with van der Waals surface area (Å²) in [4.78, 5) is 9.35. The molecule has 0 atom stereocenters. The number of aryl methyl sites for hydroxylation is 2. The van der Waals surface area contributed by atoms with Crippen LogP contribution in [0.25, 0.3) is 50.1 Å². The Morgan fingerprint density at radius 1 is 0.773 bits per heavy atom. The predicted molar refractivity (Wildman–Crippen MR) is 178 cm³/mol. The average Bonchev–Trinajstić information content (AvgIpc) is 3.40. The Morgan fingerprint density at radius 2 is 1.50 bits per heavy atom. The van der Waals surface area contributed by atoms with Gasteiger partial charge in [-0.2, -0.15) is 0 Å². The largest absolute Gasteiger partial charge is 0.507 e. The topological polar surface area (TPSA) is 50.9 Å². The number of imidazole rings is 1. The molecular formula is C39H34IrN3O-. The van der Waals surface area contributed by atoms with E-state index >= 15 is 0 Å². The number of para-hydroxylation sites is 4. The van der Waals surface area contributed by atoms with Gasteiger partial charge in [-0.15, -0.1) is 34.9 Å². The number of benzene rings is 5. The Bertz CT molecular complexity index is 2030. The average molecular weight is 753 g/mol. The monoisotopic (exact) mass is 753 g/mol. The van der Waals surface area contributed by atoms with E-state index < -0.39 is 0 Å². The minimum absolute atomic E-state index is 0. The summed E-state index contributed by atoms with van der Waals surface area (Å²) in [6, 6.07) is 41.9. The number of nitrogens with zero attached hydrogens (tertiary/aromatic N) is 3. The zero-order valence-corrected chi connectivity index (χ0v) is 27.6. The van der Waals surface area contributed by atoms with Crippen molar-refractivity contribution < 1.29 is 25.2 Å². The molecule has 1 N–H and O–H groups in total. The van der Waals surface area contributed by atoms with E-state index in [1.54, 1.807) is 6.07 Å². The van der Waals surface area contributed by atoms with Crippen molar-refractivity contribution in [2.24, 2.45) is 0 Å². The third kappa shape index (κ3) is 6.35. The summed E-state index contributed by atoms with van der Waals surface area (Å²) in [6.45, 7) is 8.65. The second kappa shape index (κ2) is 13.4. The van der Waals surface area contributed by atoms with Gasteiger partial charge in [-0.05, 0) is 70.4 Å². The summed E-state index contributed by atoms with van der Waals surface area (Å²) in [5, 5.41) is 12.7. The molecule has 0 aliphatic rings. The van der Waals surface area contributed by atoms with E-state index in [0.29, 0.717) is 5.92 Å². The third-order valence-electron chi connectivity index (χ3n) is 7.58. The van der Waals surface area contributed by atoms with Crippen LogP contribution < -0.4 is 0 Å². The normalized spacial score (nSPS) is 10.8. The first kappa shape index (κ1) is 30.9. The molecule has 0 aliphatic carbocycles. The zero-order chi connectivity index (χ0) is 29.9. The minimum Gasteiger partial charge on any atom is -0.507 e. The van der Waals surface area contributed by atoms with Gasteiger partial charge < -0.3 is 10.1 Å². The number of aromatic nitrogens is 3. The molecule has 4 nitrogen and oxygen atoms in total. The molecule has 2 aromatic heterocycles. The van der Waals surface area contributed by atoms with Crippen molar-refractivity contribution in [2.45, 2.75) is 33.6 Å². The molecule has 44 heavy (non-hydrogen) atoms. The van der Waals surface area contributed by atoms with Crippen molar-refractivity contribution in [3.63, 3.8) is 0 Å². The van der Waals surface area contributed by atoms with Crippen LogP contribution >= 0.6 is 0 Å². The van der Waals surface area contributed by atoms with E-state index in [1.165, 1.54) is 21.9 Å².